The number of halogens is 1. The highest BCUT2D eigenvalue weighted by Crippen LogP contribution is 2.24. The predicted molar refractivity (Wildman–Crippen MR) is 63.4 cm³/mol. The van der Waals surface area contributed by atoms with Crippen LogP contribution in [0.3, 0.4) is 0 Å². The number of nitro benzene ring substituents is 1. The van der Waals surface area contributed by atoms with Gasteiger partial charge in [-0.3, -0.25) is 14.9 Å². The molecule has 1 rings (SSSR count). The number of hydrogen-bond donors (Lipinski definition) is 0. The predicted octanol–water partition coefficient (Wildman–Crippen LogP) is 2.83. The van der Waals surface area contributed by atoms with Gasteiger partial charge in [-0.1, -0.05) is 6.92 Å². The van der Waals surface area contributed by atoms with E-state index in [2.05, 4.69) is 0 Å². The van der Waals surface area contributed by atoms with E-state index >= 15 is 0 Å². The van der Waals surface area contributed by atoms with E-state index < -0.39 is 16.3 Å². The molecule has 0 bridgehead atoms. The van der Waals surface area contributed by atoms with Crippen molar-refractivity contribution >= 4 is 22.5 Å². The first-order valence-electron chi connectivity index (χ1n) is 5.06. The molecule has 0 amide bonds. The number of carbonyl (C=O) groups is 1. The number of hydrogen-bond acceptors (Lipinski definition) is 4. The average molecular weight is 258 g/mol. The van der Waals surface area contributed by atoms with Crippen molar-refractivity contribution in [2.75, 3.05) is 0 Å². The molecule has 1 atom stereocenters. The lowest BCUT2D eigenvalue weighted by Crippen LogP contribution is -2.22. The quantitative estimate of drug-likeness (QED) is 0.462. The van der Waals surface area contributed by atoms with E-state index in [4.69, 9.17) is 16.3 Å². The third-order valence-electron chi connectivity index (χ3n) is 2.27. The lowest BCUT2D eigenvalue weighted by molar-refractivity contribution is -0.385. The lowest BCUT2D eigenvalue weighted by Gasteiger charge is -2.13. The third-order valence-corrected chi connectivity index (χ3v) is 2.51. The summed E-state index contributed by atoms with van der Waals surface area (Å²) >= 11 is 5.34. The van der Waals surface area contributed by atoms with E-state index in [-0.39, 0.29) is 5.69 Å². The number of carbonyl (C=O) groups excluding carboxylic acids is 1. The maximum atomic E-state index is 11.0. The summed E-state index contributed by atoms with van der Waals surface area (Å²) in [6, 6.07) is 4.31. The van der Waals surface area contributed by atoms with Crippen LogP contribution in [0.1, 0.15) is 18.9 Å². The monoisotopic (exact) mass is 257 g/mol. The smallest absolute Gasteiger partial charge is 0.272 e. The van der Waals surface area contributed by atoms with Gasteiger partial charge in [0.15, 0.2) is 6.10 Å². The molecule has 5 nitrogen and oxygen atoms in total. The maximum absolute atomic E-state index is 11.0. The number of nitrogens with zero attached hydrogens (tertiary/aromatic N) is 1. The van der Waals surface area contributed by atoms with Gasteiger partial charge in [-0.2, -0.15) is 0 Å². The normalized spacial score (nSPS) is 11.9. The number of benzene rings is 1. The van der Waals surface area contributed by atoms with Gasteiger partial charge in [-0.05, 0) is 37.1 Å². The van der Waals surface area contributed by atoms with Crippen LogP contribution in [0.2, 0.25) is 0 Å². The summed E-state index contributed by atoms with van der Waals surface area (Å²) in [5.74, 6) is 0.397. The molecular weight excluding hydrogens is 246 g/mol. The molecule has 0 unspecified atom stereocenters. The Hall–Kier alpha value is -1.62. The molecule has 0 fully saturated rings. The molecule has 17 heavy (non-hydrogen) atoms. The highest BCUT2D eigenvalue weighted by Gasteiger charge is 2.17. The number of ether oxygens (including phenoxy) is 1. The van der Waals surface area contributed by atoms with Gasteiger partial charge in [-0.15, -0.1) is 0 Å². The SMILES string of the molecule is CC[C@@H](Oc1ccc([N+](=O)[O-])c(C)c1)C(=O)Cl. The van der Waals surface area contributed by atoms with Crippen LogP contribution in [0.5, 0.6) is 5.75 Å². The van der Waals surface area contributed by atoms with Gasteiger partial charge in [0.2, 0.25) is 0 Å². The number of aryl methyl sites for hydroxylation is 1. The standard InChI is InChI=1S/C11H12ClNO4/c1-3-10(11(12)14)17-8-4-5-9(13(15)16)7(2)6-8/h4-6,10H,3H2,1-2H3/t10-/m1/s1. The third kappa shape index (κ3) is 3.42. The summed E-state index contributed by atoms with van der Waals surface area (Å²) in [5, 5.41) is 10.0. The Kier molecular flexibility index (Phi) is 4.45. The zero-order chi connectivity index (χ0) is 13.0. The van der Waals surface area contributed by atoms with Crippen LogP contribution in [0.25, 0.3) is 0 Å². The van der Waals surface area contributed by atoms with E-state index in [0.29, 0.717) is 17.7 Å². The van der Waals surface area contributed by atoms with Crippen LogP contribution < -0.4 is 4.74 Å². The van der Waals surface area contributed by atoms with Crippen LogP contribution in [0.15, 0.2) is 18.2 Å². The number of nitro groups is 1. The molecule has 0 radical (unpaired) electrons. The molecule has 0 heterocycles. The van der Waals surface area contributed by atoms with E-state index in [1.165, 1.54) is 18.2 Å². The van der Waals surface area contributed by atoms with Gasteiger partial charge in [0.25, 0.3) is 10.9 Å². The van der Waals surface area contributed by atoms with Gasteiger partial charge in [-0.25, -0.2) is 0 Å². The number of rotatable bonds is 5. The van der Waals surface area contributed by atoms with Gasteiger partial charge >= 0.3 is 0 Å². The Bertz CT molecular complexity index is 447. The Morgan fingerprint density at radius 3 is 2.65 bits per heavy atom. The van der Waals surface area contributed by atoms with Crippen molar-refractivity contribution in [1.82, 2.24) is 0 Å². The van der Waals surface area contributed by atoms with Crippen molar-refractivity contribution in [3.63, 3.8) is 0 Å². The van der Waals surface area contributed by atoms with Gasteiger partial charge in [0.1, 0.15) is 5.75 Å². The van der Waals surface area contributed by atoms with Crippen LogP contribution in [-0.4, -0.2) is 16.3 Å². The molecule has 0 saturated carbocycles. The fourth-order valence-electron chi connectivity index (χ4n) is 1.36. The molecule has 0 spiro atoms. The maximum Gasteiger partial charge on any atom is 0.272 e. The summed E-state index contributed by atoms with van der Waals surface area (Å²) in [6.45, 7) is 3.37. The van der Waals surface area contributed by atoms with E-state index in [1.807, 2.05) is 0 Å². The minimum Gasteiger partial charge on any atom is -0.481 e. The van der Waals surface area contributed by atoms with Crippen molar-refractivity contribution in [1.29, 1.82) is 0 Å². The van der Waals surface area contributed by atoms with Crippen molar-refractivity contribution in [3.8, 4) is 5.75 Å². The second-order valence-electron chi connectivity index (χ2n) is 3.52. The van der Waals surface area contributed by atoms with Crippen molar-refractivity contribution in [2.24, 2.45) is 0 Å². The highest BCUT2D eigenvalue weighted by molar-refractivity contribution is 6.64. The minimum absolute atomic E-state index is 0.0163. The van der Waals surface area contributed by atoms with Gasteiger partial charge < -0.3 is 4.74 Å². The zero-order valence-electron chi connectivity index (χ0n) is 9.47. The Morgan fingerprint density at radius 2 is 2.24 bits per heavy atom. The van der Waals surface area contributed by atoms with Crippen LogP contribution in [0, 0.1) is 17.0 Å². The molecule has 92 valence electrons. The first kappa shape index (κ1) is 13.4. The summed E-state index contributed by atoms with van der Waals surface area (Å²) in [4.78, 5) is 21.1. The highest BCUT2D eigenvalue weighted by atomic mass is 35.5. The summed E-state index contributed by atoms with van der Waals surface area (Å²) < 4.78 is 5.34. The molecule has 6 heteroatoms. The zero-order valence-corrected chi connectivity index (χ0v) is 10.2. The molecule has 0 aliphatic heterocycles. The van der Waals surface area contributed by atoms with Crippen molar-refractivity contribution in [2.45, 2.75) is 26.4 Å². The second kappa shape index (κ2) is 5.63. The summed E-state index contributed by atoms with van der Waals surface area (Å²) in [6.07, 6.45) is -0.282. The largest absolute Gasteiger partial charge is 0.481 e. The average Bonchev–Trinajstić information content (AvgIpc) is 2.24. The molecule has 0 saturated heterocycles. The molecule has 0 aliphatic carbocycles. The summed E-state index contributed by atoms with van der Waals surface area (Å²) in [7, 11) is 0. The van der Waals surface area contributed by atoms with Crippen LogP contribution in [0.4, 0.5) is 5.69 Å². The summed E-state index contributed by atoms with van der Waals surface area (Å²) in [5.41, 5.74) is 0.493. The van der Waals surface area contributed by atoms with Crippen LogP contribution in [-0.2, 0) is 4.79 Å². The second-order valence-corrected chi connectivity index (χ2v) is 3.90. The lowest BCUT2D eigenvalue weighted by atomic mass is 10.2. The first-order valence-corrected chi connectivity index (χ1v) is 5.44. The fourth-order valence-corrected chi connectivity index (χ4v) is 1.56. The minimum atomic E-state index is -0.725. The fraction of sp³-hybridized carbons (Fsp3) is 0.364. The van der Waals surface area contributed by atoms with Crippen molar-refractivity contribution < 1.29 is 14.5 Å². The molecule has 0 aliphatic rings. The molecular formula is C11H12ClNO4. The Morgan fingerprint density at radius 1 is 1.59 bits per heavy atom. The topological polar surface area (TPSA) is 69.4 Å². The first-order chi connectivity index (χ1) is 7.95. The van der Waals surface area contributed by atoms with Gasteiger partial charge in [0.05, 0.1) is 4.92 Å². The Labute approximate surface area is 103 Å². The molecule has 1 aromatic rings. The van der Waals surface area contributed by atoms with Crippen molar-refractivity contribution in [3.05, 3.63) is 33.9 Å². The Balaban J connectivity index is 2.90. The van der Waals surface area contributed by atoms with Crippen LogP contribution >= 0.6 is 11.6 Å². The molecule has 0 aromatic heterocycles. The molecule has 0 N–H and O–H groups in total. The van der Waals surface area contributed by atoms with Gasteiger partial charge in [0, 0.05) is 11.6 Å². The van der Waals surface area contributed by atoms with E-state index in [0.717, 1.165) is 0 Å². The van der Waals surface area contributed by atoms with E-state index in [9.17, 15) is 14.9 Å². The van der Waals surface area contributed by atoms with E-state index in [1.54, 1.807) is 13.8 Å². The molecule has 1 aromatic carbocycles.